The largest absolute Gasteiger partial charge is 0.494 e. The van der Waals surface area contributed by atoms with E-state index in [1.165, 1.54) is 6.26 Å². The number of aromatic nitrogens is 1. The van der Waals surface area contributed by atoms with Gasteiger partial charge in [0.25, 0.3) is 11.8 Å². The van der Waals surface area contributed by atoms with Crippen LogP contribution >= 0.6 is 0 Å². The van der Waals surface area contributed by atoms with Gasteiger partial charge in [0.1, 0.15) is 12.0 Å². The van der Waals surface area contributed by atoms with E-state index in [1.807, 2.05) is 41.1 Å². The van der Waals surface area contributed by atoms with Crippen molar-refractivity contribution in [3.8, 4) is 5.75 Å². The fraction of sp³-hybridized carbons (Fsp3) is 0.542. The van der Waals surface area contributed by atoms with Crippen LogP contribution in [0.15, 0.2) is 41.1 Å². The van der Waals surface area contributed by atoms with Crippen molar-refractivity contribution in [2.75, 3.05) is 46.4 Å². The average molecular weight is 441 g/mol. The highest BCUT2D eigenvalue weighted by Gasteiger charge is 2.34. The molecule has 1 saturated heterocycles. The van der Waals surface area contributed by atoms with Crippen LogP contribution in [0.25, 0.3) is 0 Å². The van der Waals surface area contributed by atoms with Crippen LogP contribution in [0.3, 0.4) is 0 Å². The topological polar surface area (TPSA) is 87.9 Å². The maximum Gasteiger partial charge on any atom is 0.276 e. The number of piperidine rings is 1. The Morgan fingerprint density at radius 2 is 1.94 bits per heavy atom. The molecule has 32 heavy (non-hydrogen) atoms. The van der Waals surface area contributed by atoms with Gasteiger partial charge in [0, 0.05) is 38.3 Å². The zero-order chi connectivity index (χ0) is 22.4. The van der Waals surface area contributed by atoms with Gasteiger partial charge in [-0.25, -0.2) is 0 Å². The van der Waals surface area contributed by atoms with Gasteiger partial charge in [0.05, 0.1) is 6.61 Å². The lowest BCUT2D eigenvalue weighted by Crippen LogP contribution is -2.46. The number of benzene rings is 1. The van der Waals surface area contributed by atoms with Crippen molar-refractivity contribution in [3.05, 3.63) is 47.9 Å². The number of rotatable bonds is 1. The molecule has 1 aromatic heterocycles. The molecule has 0 radical (unpaired) electrons. The molecule has 2 aromatic rings. The Morgan fingerprint density at radius 3 is 2.72 bits per heavy atom. The fourth-order valence-corrected chi connectivity index (χ4v) is 4.85. The van der Waals surface area contributed by atoms with E-state index in [1.54, 1.807) is 6.07 Å². The lowest BCUT2D eigenvalue weighted by molar-refractivity contribution is 0.0618. The molecule has 0 unspecified atom stereocenters. The Balaban J connectivity index is 1.56. The highest BCUT2D eigenvalue weighted by Crippen LogP contribution is 2.35. The van der Waals surface area contributed by atoms with E-state index in [4.69, 9.17) is 9.26 Å². The minimum atomic E-state index is -0.114. The van der Waals surface area contributed by atoms with Gasteiger partial charge in [-0.15, -0.1) is 0 Å². The van der Waals surface area contributed by atoms with Gasteiger partial charge in [0.15, 0.2) is 5.69 Å². The first-order valence-electron chi connectivity index (χ1n) is 11.5. The van der Waals surface area contributed by atoms with Crippen molar-refractivity contribution < 1.29 is 18.8 Å². The molecule has 0 saturated carbocycles. The van der Waals surface area contributed by atoms with Crippen LogP contribution in [0.4, 0.5) is 0 Å². The van der Waals surface area contributed by atoms with Crippen molar-refractivity contribution in [2.24, 2.45) is 5.41 Å². The molecule has 2 aliphatic rings. The molecule has 8 heteroatoms. The highest BCUT2D eigenvalue weighted by atomic mass is 16.5. The lowest BCUT2D eigenvalue weighted by Gasteiger charge is -2.41. The molecule has 1 fully saturated rings. The Labute approximate surface area is 188 Å². The Hall–Kier alpha value is -2.87. The SMILES string of the molecule is CN1CC2(CCCN(C(=O)c3ccon3)CCCOc3cccc(c3)C1=O)CCNCC2. The molecule has 3 heterocycles. The third-order valence-electron chi connectivity index (χ3n) is 6.58. The summed E-state index contributed by atoms with van der Waals surface area (Å²) in [5.74, 6) is 0.577. The third kappa shape index (κ3) is 5.30. The van der Waals surface area contributed by atoms with Crippen molar-refractivity contribution in [3.63, 3.8) is 0 Å². The number of ether oxygens (including phenoxy) is 1. The molecule has 4 rings (SSSR count). The van der Waals surface area contributed by atoms with Gasteiger partial charge in [-0.3, -0.25) is 9.59 Å². The van der Waals surface area contributed by atoms with Gasteiger partial charge in [-0.05, 0) is 68.8 Å². The number of carbonyl (C=O) groups excluding carboxylic acids is 2. The molecule has 1 N–H and O–H groups in total. The molecular weight excluding hydrogens is 408 g/mol. The number of nitrogens with zero attached hydrogens (tertiary/aromatic N) is 3. The third-order valence-corrected chi connectivity index (χ3v) is 6.58. The first-order chi connectivity index (χ1) is 15.6. The first-order valence-corrected chi connectivity index (χ1v) is 11.5. The van der Waals surface area contributed by atoms with Gasteiger partial charge < -0.3 is 24.4 Å². The molecule has 8 nitrogen and oxygen atoms in total. The van der Waals surface area contributed by atoms with Crippen LogP contribution in [-0.2, 0) is 0 Å². The monoisotopic (exact) mass is 440 g/mol. The summed E-state index contributed by atoms with van der Waals surface area (Å²) >= 11 is 0. The smallest absolute Gasteiger partial charge is 0.276 e. The normalized spacial score (nSPS) is 20.3. The average Bonchev–Trinajstić information content (AvgIpc) is 3.35. The molecule has 172 valence electrons. The summed E-state index contributed by atoms with van der Waals surface area (Å²) in [4.78, 5) is 29.8. The quantitative estimate of drug-likeness (QED) is 0.734. The second kappa shape index (κ2) is 10.2. The van der Waals surface area contributed by atoms with E-state index >= 15 is 0 Å². The molecule has 1 aromatic carbocycles. The van der Waals surface area contributed by atoms with Crippen LogP contribution in [0, 0.1) is 5.41 Å². The van der Waals surface area contributed by atoms with Crippen LogP contribution < -0.4 is 10.1 Å². The maximum atomic E-state index is 13.1. The Bertz CT molecular complexity index is 908. The Morgan fingerprint density at radius 1 is 1.12 bits per heavy atom. The van der Waals surface area contributed by atoms with Crippen molar-refractivity contribution in [1.82, 2.24) is 20.3 Å². The highest BCUT2D eigenvalue weighted by molar-refractivity contribution is 5.94. The second-order valence-corrected chi connectivity index (χ2v) is 8.92. The first kappa shape index (κ1) is 22.3. The molecular formula is C24H32N4O4. The number of fused-ring (bicyclic) bond motifs is 2. The number of amides is 2. The number of hydrogen-bond donors (Lipinski definition) is 1. The van der Waals surface area contributed by atoms with E-state index in [9.17, 15) is 9.59 Å². The van der Waals surface area contributed by atoms with Gasteiger partial charge >= 0.3 is 0 Å². The summed E-state index contributed by atoms with van der Waals surface area (Å²) in [5, 5.41) is 7.27. The van der Waals surface area contributed by atoms with Crippen molar-refractivity contribution in [1.29, 1.82) is 0 Å². The van der Waals surface area contributed by atoms with Gasteiger partial charge in [-0.2, -0.15) is 0 Å². The zero-order valence-electron chi connectivity index (χ0n) is 18.7. The molecule has 2 aliphatic heterocycles. The summed E-state index contributed by atoms with van der Waals surface area (Å²) in [6, 6.07) is 8.98. The van der Waals surface area contributed by atoms with E-state index < -0.39 is 0 Å². The van der Waals surface area contributed by atoms with Gasteiger partial charge in [-0.1, -0.05) is 11.2 Å². The van der Waals surface area contributed by atoms with Crippen molar-refractivity contribution in [2.45, 2.75) is 32.1 Å². The fourth-order valence-electron chi connectivity index (χ4n) is 4.85. The van der Waals surface area contributed by atoms with Crippen LogP contribution in [-0.4, -0.2) is 73.1 Å². The molecule has 2 bridgehead atoms. The van der Waals surface area contributed by atoms with Crippen LogP contribution in [0.2, 0.25) is 0 Å². The van der Waals surface area contributed by atoms with Gasteiger partial charge in [0.2, 0.25) is 0 Å². The standard InChI is InChI=1S/C24H32N4O4/c1-27-18-24(9-11-25-12-10-24)8-3-13-28(23(30)21-7-16-32-26-21)14-4-15-31-20-6-2-5-19(17-20)22(27)29/h2,5-7,16-17,25H,3-4,8-15,18H2,1H3. The molecule has 0 aliphatic carbocycles. The van der Waals surface area contributed by atoms with Crippen LogP contribution in [0.1, 0.15) is 53.0 Å². The minimum absolute atomic E-state index is 0.0195. The minimum Gasteiger partial charge on any atom is -0.494 e. The van der Waals surface area contributed by atoms with Crippen LogP contribution in [0.5, 0.6) is 5.75 Å². The Kier molecular flexibility index (Phi) is 7.09. The van der Waals surface area contributed by atoms with E-state index in [0.29, 0.717) is 49.7 Å². The number of carbonyl (C=O) groups is 2. The summed E-state index contributed by atoms with van der Waals surface area (Å²) < 4.78 is 10.8. The zero-order valence-corrected chi connectivity index (χ0v) is 18.7. The summed E-state index contributed by atoms with van der Waals surface area (Å²) in [6.07, 6.45) is 5.99. The summed E-state index contributed by atoms with van der Waals surface area (Å²) in [6.45, 7) is 4.30. The summed E-state index contributed by atoms with van der Waals surface area (Å²) in [7, 11) is 1.89. The van der Waals surface area contributed by atoms with E-state index in [-0.39, 0.29) is 17.2 Å². The number of hydrogen-bond acceptors (Lipinski definition) is 6. The predicted molar refractivity (Wildman–Crippen MR) is 120 cm³/mol. The maximum absolute atomic E-state index is 13.1. The van der Waals surface area contributed by atoms with Crippen molar-refractivity contribution >= 4 is 11.8 Å². The molecule has 2 amide bonds. The lowest BCUT2D eigenvalue weighted by atomic mass is 9.74. The molecule has 0 atom stereocenters. The number of nitrogens with one attached hydrogen (secondary N) is 1. The predicted octanol–water partition coefficient (Wildman–Crippen LogP) is 2.82. The molecule has 1 spiro atoms. The van der Waals surface area contributed by atoms with E-state index in [2.05, 4.69) is 10.5 Å². The summed E-state index contributed by atoms with van der Waals surface area (Å²) in [5.41, 5.74) is 1.03. The van der Waals surface area contributed by atoms with E-state index in [0.717, 1.165) is 38.8 Å². The second-order valence-electron chi connectivity index (χ2n) is 8.92.